The molecule has 3 rings (SSSR count). The number of rotatable bonds is 1. The molecule has 2 heterocycles. The molecule has 4 heteroatoms. The third kappa shape index (κ3) is 2.59. The molecule has 1 aromatic rings. The molecule has 3 nitrogen and oxygen atoms in total. The zero-order chi connectivity index (χ0) is 13.5. The summed E-state index contributed by atoms with van der Waals surface area (Å²) in [6.45, 7) is 6.16. The molecule has 0 radical (unpaired) electrons. The summed E-state index contributed by atoms with van der Waals surface area (Å²) >= 11 is 1.96. The highest BCUT2D eigenvalue weighted by molar-refractivity contribution is 8.00. The molecule has 1 N–H and O–H groups in total. The summed E-state index contributed by atoms with van der Waals surface area (Å²) in [6, 6.07) is 8.13. The van der Waals surface area contributed by atoms with E-state index in [0.717, 1.165) is 31.0 Å². The lowest BCUT2D eigenvalue weighted by atomic mass is 10.1. The topological polar surface area (TPSA) is 32.3 Å². The molecule has 0 bridgehead atoms. The summed E-state index contributed by atoms with van der Waals surface area (Å²) < 4.78 is 0.180. The van der Waals surface area contributed by atoms with Gasteiger partial charge < -0.3 is 10.2 Å². The number of hydrogen-bond acceptors (Lipinski definition) is 3. The van der Waals surface area contributed by atoms with Crippen LogP contribution in [0.5, 0.6) is 0 Å². The summed E-state index contributed by atoms with van der Waals surface area (Å²) in [4.78, 5) is 14.6. The van der Waals surface area contributed by atoms with E-state index < -0.39 is 0 Å². The van der Waals surface area contributed by atoms with Crippen molar-refractivity contribution in [3.63, 3.8) is 0 Å². The van der Waals surface area contributed by atoms with Crippen LogP contribution in [0.4, 0.5) is 5.69 Å². The van der Waals surface area contributed by atoms with Gasteiger partial charge in [-0.25, -0.2) is 0 Å². The van der Waals surface area contributed by atoms with Crippen molar-refractivity contribution in [2.24, 2.45) is 0 Å². The molecule has 1 atom stereocenters. The summed E-state index contributed by atoms with van der Waals surface area (Å²) in [5.41, 5.74) is 2.37. The Balaban J connectivity index is 1.70. The number of benzene rings is 1. The first-order valence-corrected chi connectivity index (χ1v) is 7.81. The molecule has 2 aliphatic heterocycles. The number of para-hydroxylation sites is 1. The van der Waals surface area contributed by atoms with E-state index in [1.54, 1.807) is 0 Å². The number of fused-ring (bicyclic) bond motifs is 1. The maximum atomic E-state index is 12.6. The largest absolute Gasteiger partial charge is 0.373 e. The van der Waals surface area contributed by atoms with E-state index in [0.29, 0.717) is 0 Å². The van der Waals surface area contributed by atoms with Crippen LogP contribution in [-0.4, -0.2) is 40.4 Å². The molecule has 0 spiro atoms. The van der Waals surface area contributed by atoms with Crippen molar-refractivity contribution in [2.45, 2.75) is 31.1 Å². The fraction of sp³-hybridized carbons (Fsp3) is 0.533. The highest BCUT2D eigenvalue weighted by Gasteiger charge is 2.35. The van der Waals surface area contributed by atoms with Crippen molar-refractivity contribution in [2.75, 3.05) is 24.2 Å². The number of nitrogens with zero attached hydrogens (tertiary/aromatic N) is 1. The second-order valence-corrected chi connectivity index (χ2v) is 7.73. The summed E-state index contributed by atoms with van der Waals surface area (Å²) in [7, 11) is 0. The van der Waals surface area contributed by atoms with E-state index in [-0.39, 0.29) is 16.7 Å². The smallest absolute Gasteiger partial charge is 0.245 e. The molecule has 1 amide bonds. The van der Waals surface area contributed by atoms with E-state index in [1.807, 2.05) is 28.8 Å². The molecule has 1 saturated heterocycles. The monoisotopic (exact) mass is 276 g/mol. The zero-order valence-electron chi connectivity index (χ0n) is 11.5. The van der Waals surface area contributed by atoms with Crippen LogP contribution in [0.1, 0.15) is 19.4 Å². The fourth-order valence-corrected chi connectivity index (χ4v) is 3.98. The van der Waals surface area contributed by atoms with Gasteiger partial charge in [0.15, 0.2) is 0 Å². The van der Waals surface area contributed by atoms with Crippen molar-refractivity contribution in [3.05, 3.63) is 29.8 Å². The van der Waals surface area contributed by atoms with Gasteiger partial charge in [0, 0.05) is 35.7 Å². The lowest BCUT2D eigenvalue weighted by molar-refractivity contribution is -0.132. The molecule has 19 heavy (non-hydrogen) atoms. The van der Waals surface area contributed by atoms with Gasteiger partial charge in [0.2, 0.25) is 5.91 Å². The van der Waals surface area contributed by atoms with Crippen LogP contribution in [-0.2, 0) is 11.2 Å². The first-order valence-electron chi connectivity index (χ1n) is 6.82. The van der Waals surface area contributed by atoms with Crippen LogP contribution >= 0.6 is 11.8 Å². The van der Waals surface area contributed by atoms with Gasteiger partial charge in [-0.2, -0.15) is 11.8 Å². The first-order chi connectivity index (χ1) is 9.05. The van der Waals surface area contributed by atoms with Crippen molar-refractivity contribution in [1.82, 2.24) is 4.90 Å². The average Bonchev–Trinajstić information content (AvgIpc) is 2.80. The number of nitrogens with one attached hydrogen (secondary N) is 1. The minimum atomic E-state index is -0.0729. The molecule has 102 valence electrons. The number of carbonyl (C=O) groups is 1. The van der Waals surface area contributed by atoms with Gasteiger partial charge in [-0.05, 0) is 25.5 Å². The predicted octanol–water partition coefficient (Wildman–Crippen LogP) is 2.38. The van der Waals surface area contributed by atoms with Gasteiger partial charge in [0.05, 0.1) is 0 Å². The summed E-state index contributed by atoms with van der Waals surface area (Å²) in [5, 5.41) is 3.36. The molecule has 0 aliphatic carbocycles. The minimum absolute atomic E-state index is 0.0729. The normalized spacial score (nSPS) is 24.7. The molecule has 0 saturated carbocycles. The lowest BCUT2D eigenvalue weighted by Gasteiger charge is -2.38. The Bertz CT molecular complexity index is 476. The Hall–Kier alpha value is -1.16. The highest BCUT2D eigenvalue weighted by atomic mass is 32.2. The zero-order valence-corrected chi connectivity index (χ0v) is 12.3. The first kappa shape index (κ1) is 12.9. The lowest BCUT2D eigenvalue weighted by Crippen LogP contribution is -2.51. The highest BCUT2D eigenvalue weighted by Crippen LogP contribution is 2.31. The van der Waals surface area contributed by atoms with Crippen molar-refractivity contribution >= 4 is 23.4 Å². The summed E-state index contributed by atoms with van der Waals surface area (Å²) in [5.74, 6) is 1.29. The maximum Gasteiger partial charge on any atom is 0.245 e. The molecular formula is C15H20N2OS. The average molecular weight is 276 g/mol. The van der Waals surface area contributed by atoms with Crippen molar-refractivity contribution in [1.29, 1.82) is 0 Å². The molecule has 0 aromatic heterocycles. The molecule has 1 aromatic carbocycles. The second-order valence-electron chi connectivity index (χ2n) is 5.93. The second kappa shape index (κ2) is 4.75. The summed E-state index contributed by atoms with van der Waals surface area (Å²) in [6.07, 6.45) is 0.819. The molecule has 1 unspecified atom stereocenters. The Morgan fingerprint density at radius 3 is 2.95 bits per heavy atom. The van der Waals surface area contributed by atoms with Crippen molar-refractivity contribution < 1.29 is 4.79 Å². The Morgan fingerprint density at radius 2 is 2.21 bits per heavy atom. The van der Waals surface area contributed by atoms with E-state index in [4.69, 9.17) is 0 Å². The maximum absolute atomic E-state index is 12.6. The minimum Gasteiger partial charge on any atom is -0.373 e. The van der Waals surface area contributed by atoms with Gasteiger partial charge in [-0.1, -0.05) is 18.2 Å². The van der Waals surface area contributed by atoms with E-state index in [9.17, 15) is 4.79 Å². The number of carbonyl (C=O) groups excluding carboxylic acids is 1. The Morgan fingerprint density at radius 1 is 1.42 bits per heavy atom. The molecule has 2 aliphatic rings. The van der Waals surface area contributed by atoms with Crippen LogP contribution in [0.15, 0.2) is 24.3 Å². The Kier molecular flexibility index (Phi) is 3.21. The third-order valence-corrected chi connectivity index (χ3v) is 5.10. The van der Waals surface area contributed by atoms with Crippen LogP contribution in [0, 0.1) is 0 Å². The Labute approximate surface area is 118 Å². The standard InChI is InChI=1S/C15H20N2OS/c1-15(2)10-17(7-8-19-15)14(18)13-9-11-5-3-4-6-12(11)16-13/h3-6,13,16H,7-10H2,1-2H3. The number of anilines is 1. The van der Waals surface area contributed by atoms with Crippen LogP contribution in [0.25, 0.3) is 0 Å². The van der Waals surface area contributed by atoms with Gasteiger partial charge >= 0.3 is 0 Å². The van der Waals surface area contributed by atoms with Gasteiger partial charge in [0.1, 0.15) is 6.04 Å². The van der Waals surface area contributed by atoms with Gasteiger partial charge in [-0.3, -0.25) is 4.79 Å². The van der Waals surface area contributed by atoms with E-state index in [2.05, 4.69) is 31.3 Å². The van der Waals surface area contributed by atoms with Crippen LogP contribution in [0.2, 0.25) is 0 Å². The van der Waals surface area contributed by atoms with Crippen LogP contribution < -0.4 is 5.32 Å². The molecule has 1 fully saturated rings. The van der Waals surface area contributed by atoms with Gasteiger partial charge in [0.25, 0.3) is 0 Å². The SMILES string of the molecule is CC1(C)CN(C(=O)C2Cc3ccccc3N2)CCS1. The quantitative estimate of drug-likeness (QED) is 0.855. The van der Waals surface area contributed by atoms with Crippen LogP contribution in [0.3, 0.4) is 0 Å². The van der Waals surface area contributed by atoms with E-state index >= 15 is 0 Å². The third-order valence-electron chi connectivity index (χ3n) is 3.81. The predicted molar refractivity (Wildman–Crippen MR) is 80.7 cm³/mol. The van der Waals surface area contributed by atoms with Crippen molar-refractivity contribution in [3.8, 4) is 0 Å². The number of thioether (sulfide) groups is 1. The number of hydrogen-bond donors (Lipinski definition) is 1. The molecular weight excluding hydrogens is 256 g/mol. The van der Waals surface area contributed by atoms with Gasteiger partial charge in [-0.15, -0.1) is 0 Å². The number of amides is 1. The van der Waals surface area contributed by atoms with E-state index in [1.165, 1.54) is 5.56 Å². The fourth-order valence-electron chi connectivity index (χ4n) is 2.87.